The quantitative estimate of drug-likeness (QED) is 0.616. The molecule has 1 unspecified atom stereocenters. The number of carbonyl (C=O) groups is 2. The molecule has 0 aromatic heterocycles. The van der Waals surface area contributed by atoms with Crippen LogP contribution in [-0.4, -0.2) is 18.0 Å². The molecule has 5 heteroatoms. The highest BCUT2D eigenvalue weighted by atomic mass is 35.5. The van der Waals surface area contributed by atoms with E-state index >= 15 is 0 Å². The van der Waals surface area contributed by atoms with Crippen molar-refractivity contribution >= 4 is 29.3 Å². The number of halogens is 1. The van der Waals surface area contributed by atoms with E-state index in [1.165, 1.54) is 0 Å². The number of para-hydroxylation sites is 1. The number of nitrogens with zero attached hydrogens (tertiary/aromatic N) is 1. The summed E-state index contributed by atoms with van der Waals surface area (Å²) in [5, 5.41) is 0. The van der Waals surface area contributed by atoms with Crippen LogP contribution in [0.4, 0.5) is 5.69 Å². The lowest BCUT2D eigenvalue weighted by Crippen LogP contribution is -2.23. The molecule has 0 aliphatic rings. The molecule has 0 aliphatic carbocycles. The second kappa shape index (κ2) is 7.29. The van der Waals surface area contributed by atoms with E-state index in [4.69, 9.17) is 16.5 Å². The summed E-state index contributed by atoms with van der Waals surface area (Å²) in [4.78, 5) is 23.7. The summed E-state index contributed by atoms with van der Waals surface area (Å²) in [6, 6.07) is 7.08. The fraction of sp³-hybridized carbons (Fsp3) is 0.467. The second-order valence-corrected chi connectivity index (χ2v) is 5.13. The normalized spacial score (nSPS) is 12.1. The first-order chi connectivity index (χ1) is 9.38. The first-order valence-electron chi connectivity index (χ1n) is 6.66. The Morgan fingerprint density at radius 2 is 1.85 bits per heavy atom. The maximum Gasteiger partial charge on any atom is 0.313 e. The van der Waals surface area contributed by atoms with Gasteiger partial charge < -0.3 is 4.74 Å². The molecule has 0 radical (unpaired) electrons. The molecule has 1 amide bonds. The van der Waals surface area contributed by atoms with Crippen LogP contribution in [0.5, 0.6) is 0 Å². The van der Waals surface area contributed by atoms with Crippen molar-refractivity contribution in [2.75, 3.05) is 4.42 Å². The number of anilines is 1. The van der Waals surface area contributed by atoms with Crippen LogP contribution in [0.3, 0.4) is 0 Å². The highest BCUT2D eigenvalue weighted by Crippen LogP contribution is 2.30. The zero-order chi connectivity index (χ0) is 15.3. The lowest BCUT2D eigenvalue weighted by atomic mass is 9.99. The Balaban J connectivity index is 3.06. The van der Waals surface area contributed by atoms with E-state index in [0.29, 0.717) is 17.7 Å². The summed E-state index contributed by atoms with van der Waals surface area (Å²) in [5.41, 5.74) is 1.20. The first kappa shape index (κ1) is 16.5. The van der Waals surface area contributed by atoms with E-state index in [1.807, 2.05) is 0 Å². The molecule has 20 heavy (non-hydrogen) atoms. The Bertz CT molecular complexity index is 488. The lowest BCUT2D eigenvalue weighted by Gasteiger charge is -2.21. The second-order valence-electron chi connectivity index (χ2n) is 4.79. The van der Waals surface area contributed by atoms with Gasteiger partial charge in [-0.25, -0.2) is 4.42 Å². The summed E-state index contributed by atoms with van der Waals surface area (Å²) in [7, 11) is 0. The average molecular weight is 298 g/mol. The molecular weight excluding hydrogens is 278 g/mol. The van der Waals surface area contributed by atoms with Crippen LogP contribution in [0.1, 0.15) is 45.6 Å². The van der Waals surface area contributed by atoms with Gasteiger partial charge in [-0.1, -0.05) is 25.1 Å². The smallest absolute Gasteiger partial charge is 0.313 e. The van der Waals surface area contributed by atoms with Gasteiger partial charge in [0.2, 0.25) is 5.91 Å². The number of carbonyl (C=O) groups excluding carboxylic acids is 2. The molecule has 0 heterocycles. The first-order valence-corrected chi connectivity index (χ1v) is 7.00. The van der Waals surface area contributed by atoms with Crippen molar-refractivity contribution in [2.24, 2.45) is 0 Å². The van der Waals surface area contributed by atoms with Crippen LogP contribution in [0, 0.1) is 0 Å². The number of esters is 1. The predicted molar refractivity (Wildman–Crippen MR) is 79.7 cm³/mol. The van der Waals surface area contributed by atoms with E-state index in [-0.39, 0.29) is 18.0 Å². The third-order valence-corrected chi connectivity index (χ3v) is 3.21. The molecule has 4 nitrogen and oxygen atoms in total. The minimum absolute atomic E-state index is 0.179. The molecule has 1 rings (SSSR count). The largest absolute Gasteiger partial charge is 0.463 e. The molecule has 0 aliphatic heterocycles. The Morgan fingerprint density at radius 3 is 2.40 bits per heavy atom. The van der Waals surface area contributed by atoms with Crippen LogP contribution >= 0.6 is 11.8 Å². The summed E-state index contributed by atoms with van der Waals surface area (Å²) in [5.74, 6) is -1.04. The highest BCUT2D eigenvalue weighted by Gasteiger charge is 2.24. The molecular formula is C15H20ClNO3. The molecule has 0 N–H and O–H groups in total. The zero-order valence-corrected chi connectivity index (χ0v) is 13.0. The average Bonchev–Trinajstić information content (AvgIpc) is 2.44. The Morgan fingerprint density at radius 1 is 1.25 bits per heavy atom. The molecule has 1 aromatic rings. The molecule has 1 atom stereocenters. The SMILES string of the molecule is CCC(=O)N(Cl)c1ccccc1C(C)C(=O)OC(C)C. The van der Waals surface area contributed by atoms with Gasteiger partial charge in [0.05, 0.1) is 17.7 Å². The van der Waals surface area contributed by atoms with Crippen LogP contribution in [0.15, 0.2) is 24.3 Å². The molecule has 0 saturated carbocycles. The van der Waals surface area contributed by atoms with Gasteiger partial charge in [0.1, 0.15) is 0 Å². The van der Waals surface area contributed by atoms with E-state index in [1.54, 1.807) is 52.0 Å². The van der Waals surface area contributed by atoms with Crippen molar-refractivity contribution in [1.29, 1.82) is 0 Å². The van der Waals surface area contributed by atoms with E-state index < -0.39 is 5.92 Å². The van der Waals surface area contributed by atoms with Gasteiger partial charge in [0, 0.05) is 18.2 Å². The molecule has 0 fully saturated rings. The van der Waals surface area contributed by atoms with Crippen LogP contribution in [-0.2, 0) is 14.3 Å². The van der Waals surface area contributed by atoms with Gasteiger partial charge in [-0.05, 0) is 32.4 Å². The molecule has 1 aromatic carbocycles. The molecule has 0 bridgehead atoms. The van der Waals surface area contributed by atoms with Gasteiger partial charge in [0.15, 0.2) is 0 Å². The Kier molecular flexibility index (Phi) is 6.02. The van der Waals surface area contributed by atoms with E-state index in [2.05, 4.69) is 0 Å². The number of hydrogen-bond donors (Lipinski definition) is 0. The lowest BCUT2D eigenvalue weighted by molar-refractivity contribution is -0.148. The monoisotopic (exact) mass is 297 g/mol. The van der Waals surface area contributed by atoms with Crippen molar-refractivity contribution < 1.29 is 14.3 Å². The fourth-order valence-electron chi connectivity index (χ4n) is 1.77. The van der Waals surface area contributed by atoms with Crippen molar-refractivity contribution in [3.63, 3.8) is 0 Å². The predicted octanol–water partition coefficient (Wildman–Crippen LogP) is 3.64. The molecule has 0 saturated heterocycles. The highest BCUT2D eigenvalue weighted by molar-refractivity contribution is 6.36. The molecule has 110 valence electrons. The summed E-state index contributed by atoms with van der Waals surface area (Å²) in [6.45, 7) is 7.07. The van der Waals surface area contributed by atoms with Gasteiger partial charge in [0.25, 0.3) is 0 Å². The summed E-state index contributed by atoms with van der Waals surface area (Å²) >= 11 is 6.05. The van der Waals surface area contributed by atoms with Crippen LogP contribution < -0.4 is 4.42 Å². The van der Waals surface area contributed by atoms with E-state index in [0.717, 1.165) is 4.42 Å². The maximum absolute atomic E-state index is 12.0. The van der Waals surface area contributed by atoms with Crippen molar-refractivity contribution in [3.05, 3.63) is 29.8 Å². The third-order valence-electron chi connectivity index (χ3n) is 2.84. The summed E-state index contributed by atoms with van der Waals surface area (Å²) in [6.07, 6.45) is 0.115. The number of rotatable bonds is 5. The number of benzene rings is 1. The van der Waals surface area contributed by atoms with Gasteiger partial charge in [-0.2, -0.15) is 0 Å². The fourth-order valence-corrected chi connectivity index (χ4v) is 2.04. The van der Waals surface area contributed by atoms with Gasteiger partial charge in [-0.3, -0.25) is 9.59 Å². The van der Waals surface area contributed by atoms with Crippen molar-refractivity contribution in [3.8, 4) is 0 Å². The minimum Gasteiger partial charge on any atom is -0.463 e. The topological polar surface area (TPSA) is 46.6 Å². The van der Waals surface area contributed by atoms with E-state index in [9.17, 15) is 9.59 Å². The molecule has 0 spiro atoms. The minimum atomic E-state index is -0.487. The zero-order valence-electron chi connectivity index (χ0n) is 12.2. The summed E-state index contributed by atoms with van der Waals surface area (Å²) < 4.78 is 6.27. The number of amides is 1. The van der Waals surface area contributed by atoms with Crippen LogP contribution in [0.25, 0.3) is 0 Å². The van der Waals surface area contributed by atoms with Gasteiger partial charge >= 0.3 is 5.97 Å². The third kappa shape index (κ3) is 3.97. The Hall–Kier alpha value is -1.55. The number of ether oxygens (including phenoxy) is 1. The standard InChI is InChI=1S/C15H20ClNO3/c1-5-14(18)17(16)13-9-7-6-8-12(13)11(4)15(19)20-10(2)3/h6-11H,5H2,1-4H3. The van der Waals surface area contributed by atoms with Crippen molar-refractivity contribution in [2.45, 2.75) is 46.1 Å². The Labute approximate surface area is 124 Å². The maximum atomic E-state index is 12.0. The van der Waals surface area contributed by atoms with Crippen LogP contribution in [0.2, 0.25) is 0 Å². The number of hydrogen-bond acceptors (Lipinski definition) is 3. The van der Waals surface area contributed by atoms with Crippen molar-refractivity contribution in [1.82, 2.24) is 0 Å². The van der Waals surface area contributed by atoms with Gasteiger partial charge in [-0.15, -0.1) is 0 Å².